The van der Waals surface area contributed by atoms with Gasteiger partial charge < -0.3 is 14.8 Å². The Labute approximate surface area is 202 Å². The van der Waals surface area contributed by atoms with Gasteiger partial charge >= 0.3 is 0 Å². The van der Waals surface area contributed by atoms with Crippen LogP contribution in [0.3, 0.4) is 0 Å². The van der Waals surface area contributed by atoms with Crippen LogP contribution in [0, 0.1) is 6.92 Å². The first-order valence-corrected chi connectivity index (χ1v) is 12.2. The summed E-state index contributed by atoms with van der Waals surface area (Å²) in [6.45, 7) is 3.80. The maximum absolute atomic E-state index is 12.7. The van der Waals surface area contributed by atoms with Gasteiger partial charge in [-0.2, -0.15) is 0 Å². The molecule has 0 heterocycles. The highest BCUT2D eigenvalue weighted by Gasteiger charge is 2.16. The molecule has 0 spiro atoms. The van der Waals surface area contributed by atoms with Gasteiger partial charge in [-0.05, 0) is 80.1 Å². The molecule has 3 aromatic carbocycles. The predicted molar refractivity (Wildman–Crippen MR) is 130 cm³/mol. The summed E-state index contributed by atoms with van der Waals surface area (Å²) in [6, 6.07) is 15.7. The second-order valence-electron chi connectivity index (χ2n) is 6.95. The van der Waals surface area contributed by atoms with Gasteiger partial charge in [0.1, 0.15) is 11.5 Å². The van der Waals surface area contributed by atoms with E-state index in [0.29, 0.717) is 45.1 Å². The molecule has 7 nitrogen and oxygen atoms in total. The van der Waals surface area contributed by atoms with Crippen molar-refractivity contribution in [1.82, 2.24) is 0 Å². The quantitative estimate of drug-likeness (QED) is 0.396. The smallest absolute Gasteiger partial charge is 0.262 e. The van der Waals surface area contributed by atoms with Crippen LogP contribution in [0.25, 0.3) is 0 Å². The standard InChI is InChI=1S/C23H22Cl2N2O5S/c1-3-31-18-7-5-17(6-8-18)27-33(29,30)19-9-11-22(15(2)12-19)32-14-23(28)26-21-10-4-16(24)13-20(21)25/h4-13,27H,3,14H2,1-2H3,(H,26,28). The predicted octanol–water partition coefficient (Wildman–Crippen LogP) is 5.52. The monoisotopic (exact) mass is 508 g/mol. The highest BCUT2D eigenvalue weighted by molar-refractivity contribution is 7.92. The van der Waals surface area contributed by atoms with Gasteiger partial charge in [0, 0.05) is 10.7 Å². The van der Waals surface area contributed by atoms with Crippen molar-refractivity contribution in [2.75, 3.05) is 23.3 Å². The average molecular weight is 509 g/mol. The van der Waals surface area contributed by atoms with Crippen molar-refractivity contribution in [2.45, 2.75) is 18.7 Å². The number of amides is 1. The second-order valence-corrected chi connectivity index (χ2v) is 9.48. The van der Waals surface area contributed by atoms with Crippen LogP contribution in [0.15, 0.2) is 65.6 Å². The molecule has 0 saturated carbocycles. The van der Waals surface area contributed by atoms with Crippen LogP contribution in [-0.2, 0) is 14.8 Å². The Kier molecular flexibility index (Phi) is 8.07. The van der Waals surface area contributed by atoms with E-state index in [1.54, 1.807) is 43.3 Å². The fraction of sp³-hybridized carbons (Fsp3) is 0.174. The second kappa shape index (κ2) is 10.8. The first-order valence-electron chi connectivity index (χ1n) is 9.92. The molecule has 2 N–H and O–H groups in total. The van der Waals surface area contributed by atoms with Crippen molar-refractivity contribution in [3.8, 4) is 11.5 Å². The maximum Gasteiger partial charge on any atom is 0.262 e. The fourth-order valence-electron chi connectivity index (χ4n) is 2.87. The molecule has 3 rings (SSSR count). The summed E-state index contributed by atoms with van der Waals surface area (Å²) >= 11 is 11.9. The van der Waals surface area contributed by atoms with Crippen molar-refractivity contribution in [3.63, 3.8) is 0 Å². The van der Waals surface area contributed by atoms with Gasteiger partial charge in [0.15, 0.2) is 6.61 Å². The average Bonchev–Trinajstić information content (AvgIpc) is 2.76. The number of hydrogen-bond donors (Lipinski definition) is 2. The van der Waals surface area contributed by atoms with E-state index in [9.17, 15) is 13.2 Å². The Bertz CT molecular complexity index is 1250. The first-order chi connectivity index (χ1) is 15.7. The Morgan fingerprint density at radius 2 is 1.70 bits per heavy atom. The van der Waals surface area contributed by atoms with Gasteiger partial charge in [-0.15, -0.1) is 0 Å². The number of halogens is 2. The number of carbonyl (C=O) groups is 1. The Balaban J connectivity index is 1.63. The van der Waals surface area contributed by atoms with E-state index in [2.05, 4.69) is 10.0 Å². The summed E-state index contributed by atoms with van der Waals surface area (Å²) in [5.74, 6) is 0.611. The molecule has 0 atom stereocenters. The molecule has 0 saturated heterocycles. The molecule has 0 aliphatic rings. The van der Waals surface area contributed by atoms with Crippen LogP contribution in [0.2, 0.25) is 10.0 Å². The number of rotatable bonds is 9. The number of nitrogens with one attached hydrogen (secondary N) is 2. The van der Waals surface area contributed by atoms with Crippen molar-refractivity contribution < 1.29 is 22.7 Å². The molecule has 0 aromatic heterocycles. The molecular formula is C23H22Cl2N2O5S. The Morgan fingerprint density at radius 3 is 2.33 bits per heavy atom. The maximum atomic E-state index is 12.7. The topological polar surface area (TPSA) is 93.7 Å². The van der Waals surface area contributed by atoms with Crippen LogP contribution in [0.1, 0.15) is 12.5 Å². The highest BCUT2D eigenvalue weighted by atomic mass is 35.5. The number of hydrogen-bond acceptors (Lipinski definition) is 5. The fourth-order valence-corrected chi connectivity index (χ4v) is 4.47. The summed E-state index contributed by atoms with van der Waals surface area (Å²) in [6.07, 6.45) is 0. The molecule has 0 fully saturated rings. The first kappa shape index (κ1) is 24.7. The van der Waals surface area contributed by atoms with Crippen molar-refractivity contribution in [1.29, 1.82) is 0 Å². The molecule has 3 aromatic rings. The van der Waals surface area contributed by atoms with Gasteiger partial charge in [0.2, 0.25) is 0 Å². The number of sulfonamides is 1. The SMILES string of the molecule is CCOc1ccc(NS(=O)(=O)c2ccc(OCC(=O)Nc3ccc(Cl)cc3Cl)c(C)c2)cc1. The van der Waals surface area contributed by atoms with Gasteiger partial charge in [-0.25, -0.2) is 8.42 Å². The molecule has 0 bridgehead atoms. The summed E-state index contributed by atoms with van der Waals surface area (Å²) in [4.78, 5) is 12.3. The molecule has 0 aliphatic heterocycles. The third-order valence-electron chi connectivity index (χ3n) is 4.44. The van der Waals surface area contributed by atoms with Crippen LogP contribution in [0.4, 0.5) is 11.4 Å². The van der Waals surface area contributed by atoms with E-state index < -0.39 is 15.9 Å². The lowest BCUT2D eigenvalue weighted by molar-refractivity contribution is -0.118. The van der Waals surface area contributed by atoms with Crippen molar-refractivity contribution in [2.24, 2.45) is 0 Å². The molecule has 1 amide bonds. The van der Waals surface area contributed by atoms with E-state index in [-0.39, 0.29) is 11.5 Å². The number of benzene rings is 3. The molecule has 0 aliphatic carbocycles. The van der Waals surface area contributed by atoms with Crippen LogP contribution < -0.4 is 19.5 Å². The lowest BCUT2D eigenvalue weighted by Crippen LogP contribution is -2.20. The van der Waals surface area contributed by atoms with Gasteiger partial charge in [-0.1, -0.05) is 23.2 Å². The van der Waals surface area contributed by atoms with Gasteiger partial charge in [0.05, 0.1) is 22.2 Å². The van der Waals surface area contributed by atoms with Crippen LogP contribution in [0.5, 0.6) is 11.5 Å². The molecule has 0 radical (unpaired) electrons. The normalized spacial score (nSPS) is 11.0. The molecule has 10 heteroatoms. The van der Waals surface area contributed by atoms with Crippen molar-refractivity contribution in [3.05, 3.63) is 76.3 Å². The molecular weight excluding hydrogens is 487 g/mol. The summed E-state index contributed by atoms with van der Waals surface area (Å²) in [7, 11) is -3.81. The minimum absolute atomic E-state index is 0.0682. The lowest BCUT2D eigenvalue weighted by Gasteiger charge is -2.13. The minimum Gasteiger partial charge on any atom is -0.494 e. The summed E-state index contributed by atoms with van der Waals surface area (Å²) in [5.41, 5.74) is 1.38. The Hall–Kier alpha value is -2.94. The lowest BCUT2D eigenvalue weighted by atomic mass is 10.2. The third-order valence-corrected chi connectivity index (χ3v) is 6.36. The van der Waals surface area contributed by atoms with E-state index in [4.69, 9.17) is 32.7 Å². The third kappa shape index (κ3) is 6.77. The molecule has 0 unspecified atom stereocenters. The van der Waals surface area contributed by atoms with E-state index in [0.717, 1.165) is 0 Å². The van der Waals surface area contributed by atoms with Crippen LogP contribution in [-0.4, -0.2) is 27.5 Å². The number of anilines is 2. The summed E-state index contributed by atoms with van der Waals surface area (Å²) < 4.78 is 38.9. The highest BCUT2D eigenvalue weighted by Crippen LogP contribution is 2.26. The molecule has 33 heavy (non-hydrogen) atoms. The van der Waals surface area contributed by atoms with E-state index in [1.807, 2.05) is 6.92 Å². The summed E-state index contributed by atoms with van der Waals surface area (Å²) in [5, 5.41) is 3.40. The van der Waals surface area contributed by atoms with Crippen LogP contribution >= 0.6 is 23.2 Å². The zero-order chi connectivity index (χ0) is 24.0. The number of ether oxygens (including phenoxy) is 2. The van der Waals surface area contributed by atoms with E-state index in [1.165, 1.54) is 24.3 Å². The number of aryl methyl sites for hydroxylation is 1. The molecule has 174 valence electrons. The van der Waals surface area contributed by atoms with E-state index >= 15 is 0 Å². The number of carbonyl (C=O) groups excluding carboxylic acids is 1. The van der Waals surface area contributed by atoms with Gasteiger partial charge in [-0.3, -0.25) is 9.52 Å². The zero-order valence-electron chi connectivity index (χ0n) is 17.9. The zero-order valence-corrected chi connectivity index (χ0v) is 20.2. The minimum atomic E-state index is -3.81. The van der Waals surface area contributed by atoms with Crippen molar-refractivity contribution >= 4 is 50.5 Å². The Morgan fingerprint density at radius 1 is 0.970 bits per heavy atom. The van der Waals surface area contributed by atoms with Gasteiger partial charge in [0.25, 0.3) is 15.9 Å². The largest absolute Gasteiger partial charge is 0.494 e.